The SMILES string of the molecule is CC1(C)OB(c2cccc(-c3cccc(-c4ccc(-c5ccc6c(c5)C=Cc5ccccc5S6)cc4)c3)c2)OC1(C)C. The highest BCUT2D eigenvalue weighted by Gasteiger charge is 2.51. The van der Waals surface area contributed by atoms with Gasteiger partial charge >= 0.3 is 7.12 Å². The van der Waals surface area contributed by atoms with Crippen LogP contribution in [0.4, 0.5) is 0 Å². The first-order valence-electron chi connectivity index (χ1n) is 14.5. The molecule has 1 saturated heterocycles. The predicted molar refractivity (Wildman–Crippen MR) is 178 cm³/mol. The van der Waals surface area contributed by atoms with Crippen molar-refractivity contribution in [1.82, 2.24) is 0 Å². The van der Waals surface area contributed by atoms with Crippen molar-refractivity contribution < 1.29 is 9.31 Å². The van der Waals surface area contributed by atoms with Crippen molar-refractivity contribution in [3.05, 3.63) is 126 Å². The van der Waals surface area contributed by atoms with E-state index in [0.717, 1.165) is 11.0 Å². The molecule has 0 bridgehead atoms. The van der Waals surface area contributed by atoms with Crippen molar-refractivity contribution >= 4 is 36.5 Å². The number of fused-ring (bicyclic) bond motifs is 2. The maximum absolute atomic E-state index is 6.31. The molecule has 206 valence electrons. The van der Waals surface area contributed by atoms with Gasteiger partial charge in [0.1, 0.15) is 0 Å². The van der Waals surface area contributed by atoms with Crippen molar-refractivity contribution in [3.8, 4) is 33.4 Å². The van der Waals surface area contributed by atoms with Gasteiger partial charge in [0.15, 0.2) is 0 Å². The summed E-state index contributed by atoms with van der Waals surface area (Å²) in [5.41, 5.74) is 10.0. The monoisotopic (exact) mass is 564 g/mol. The van der Waals surface area contributed by atoms with Crippen LogP contribution >= 0.6 is 11.8 Å². The second-order valence-corrected chi connectivity index (χ2v) is 13.2. The van der Waals surface area contributed by atoms with Crippen LogP contribution < -0.4 is 5.46 Å². The molecule has 0 amide bonds. The Morgan fingerprint density at radius 3 is 1.71 bits per heavy atom. The van der Waals surface area contributed by atoms with Gasteiger partial charge in [-0.1, -0.05) is 115 Å². The van der Waals surface area contributed by atoms with Crippen LogP contribution in [-0.4, -0.2) is 18.3 Å². The zero-order chi connectivity index (χ0) is 28.9. The summed E-state index contributed by atoms with van der Waals surface area (Å²) >= 11 is 1.84. The lowest BCUT2D eigenvalue weighted by Crippen LogP contribution is -2.41. The molecule has 2 aliphatic heterocycles. The lowest BCUT2D eigenvalue weighted by atomic mass is 9.78. The van der Waals surface area contributed by atoms with E-state index in [9.17, 15) is 0 Å². The fourth-order valence-corrected chi connectivity index (χ4v) is 6.56. The first-order valence-corrected chi connectivity index (χ1v) is 15.3. The van der Waals surface area contributed by atoms with Crippen LogP contribution in [0.25, 0.3) is 45.5 Å². The van der Waals surface area contributed by atoms with Crippen LogP contribution in [0.3, 0.4) is 0 Å². The van der Waals surface area contributed by atoms with E-state index in [1.54, 1.807) is 0 Å². The third kappa shape index (κ3) is 5.05. The highest BCUT2D eigenvalue weighted by molar-refractivity contribution is 7.99. The zero-order valence-electron chi connectivity index (χ0n) is 24.4. The molecule has 1 fully saturated rings. The molecule has 0 unspecified atom stereocenters. The smallest absolute Gasteiger partial charge is 0.399 e. The maximum atomic E-state index is 6.31. The standard InChI is InChI=1S/C38H33BO2S/c1-37(2)38(3,4)41-39(40-37)34-13-8-12-31(25-34)30-11-7-10-29(23-30)26-15-17-27(18-16-26)32-21-22-36-33(24-32)20-19-28-9-5-6-14-35(28)42-36/h5-25H,1-4H3. The van der Waals surface area contributed by atoms with E-state index in [4.69, 9.17) is 9.31 Å². The summed E-state index contributed by atoms with van der Waals surface area (Å²) in [6.45, 7) is 8.36. The fourth-order valence-electron chi connectivity index (χ4n) is 5.54. The average Bonchev–Trinajstić information content (AvgIpc) is 3.12. The average molecular weight is 565 g/mol. The predicted octanol–water partition coefficient (Wildman–Crippen LogP) is 9.62. The van der Waals surface area contributed by atoms with Crippen molar-refractivity contribution in [2.24, 2.45) is 0 Å². The third-order valence-corrected chi connectivity index (χ3v) is 9.93. The van der Waals surface area contributed by atoms with Crippen molar-refractivity contribution in [1.29, 1.82) is 0 Å². The zero-order valence-corrected chi connectivity index (χ0v) is 25.2. The van der Waals surface area contributed by atoms with Gasteiger partial charge in [0, 0.05) is 9.79 Å². The second kappa shape index (κ2) is 10.5. The van der Waals surface area contributed by atoms with Gasteiger partial charge in [-0.05, 0) is 102 Å². The van der Waals surface area contributed by atoms with Crippen molar-refractivity contribution in [2.45, 2.75) is 48.7 Å². The van der Waals surface area contributed by atoms with Gasteiger partial charge in [-0.3, -0.25) is 0 Å². The Labute approximate surface area is 253 Å². The molecule has 0 aromatic heterocycles. The molecule has 7 rings (SSSR count). The summed E-state index contributed by atoms with van der Waals surface area (Å²) in [7, 11) is -0.372. The van der Waals surface area contributed by atoms with Gasteiger partial charge < -0.3 is 9.31 Å². The maximum Gasteiger partial charge on any atom is 0.494 e. The van der Waals surface area contributed by atoms with Crippen LogP contribution in [0, 0.1) is 0 Å². The molecular formula is C38H33BO2S. The molecule has 2 aliphatic rings. The molecule has 5 aromatic rings. The third-order valence-electron chi connectivity index (χ3n) is 8.75. The summed E-state index contributed by atoms with van der Waals surface area (Å²) in [5, 5.41) is 0. The minimum absolute atomic E-state index is 0.361. The van der Waals surface area contributed by atoms with Crippen LogP contribution in [0.5, 0.6) is 0 Å². The lowest BCUT2D eigenvalue weighted by Gasteiger charge is -2.32. The molecule has 5 aromatic carbocycles. The van der Waals surface area contributed by atoms with E-state index in [1.165, 1.54) is 48.7 Å². The Bertz CT molecular complexity index is 1800. The van der Waals surface area contributed by atoms with Gasteiger partial charge in [0.05, 0.1) is 11.2 Å². The molecule has 0 radical (unpaired) electrons. The fraction of sp³-hybridized carbons (Fsp3) is 0.158. The summed E-state index contributed by atoms with van der Waals surface area (Å²) in [5.74, 6) is 0. The number of hydrogen-bond acceptors (Lipinski definition) is 3. The Morgan fingerprint density at radius 2 is 1.00 bits per heavy atom. The first kappa shape index (κ1) is 27.0. The van der Waals surface area contributed by atoms with E-state index >= 15 is 0 Å². The molecule has 4 heteroatoms. The van der Waals surface area contributed by atoms with Crippen molar-refractivity contribution in [2.75, 3.05) is 0 Å². The van der Waals surface area contributed by atoms with E-state index in [2.05, 4.69) is 155 Å². The second-order valence-electron chi connectivity index (χ2n) is 12.1. The molecule has 0 N–H and O–H groups in total. The number of hydrogen-bond donors (Lipinski definition) is 0. The van der Waals surface area contributed by atoms with Crippen LogP contribution in [0.1, 0.15) is 38.8 Å². The molecule has 0 spiro atoms. The van der Waals surface area contributed by atoms with E-state index in [0.29, 0.717) is 0 Å². The number of benzene rings is 5. The molecule has 0 saturated carbocycles. The topological polar surface area (TPSA) is 18.5 Å². The van der Waals surface area contributed by atoms with Gasteiger partial charge in [-0.25, -0.2) is 0 Å². The summed E-state index contributed by atoms with van der Waals surface area (Å²) in [4.78, 5) is 2.59. The van der Waals surface area contributed by atoms with Gasteiger partial charge in [0.2, 0.25) is 0 Å². The van der Waals surface area contributed by atoms with Crippen LogP contribution in [-0.2, 0) is 9.31 Å². The van der Waals surface area contributed by atoms with Crippen molar-refractivity contribution in [3.63, 3.8) is 0 Å². The van der Waals surface area contributed by atoms with E-state index in [1.807, 2.05) is 11.8 Å². The minimum atomic E-state index is -0.372. The van der Waals surface area contributed by atoms with Gasteiger partial charge in [-0.2, -0.15) is 0 Å². The Hall–Kier alpha value is -3.83. The highest BCUT2D eigenvalue weighted by Crippen LogP contribution is 2.39. The largest absolute Gasteiger partial charge is 0.494 e. The summed E-state index contributed by atoms with van der Waals surface area (Å²) in [6.07, 6.45) is 4.46. The van der Waals surface area contributed by atoms with Crippen LogP contribution in [0.2, 0.25) is 0 Å². The molecule has 0 atom stereocenters. The highest BCUT2D eigenvalue weighted by atomic mass is 32.2. The van der Waals surface area contributed by atoms with Crippen LogP contribution in [0.15, 0.2) is 125 Å². The Kier molecular flexibility index (Phi) is 6.74. The molecule has 2 nitrogen and oxygen atoms in total. The lowest BCUT2D eigenvalue weighted by molar-refractivity contribution is 0.00578. The summed E-state index contributed by atoms with van der Waals surface area (Å²) in [6, 6.07) is 41.5. The Morgan fingerprint density at radius 1 is 0.476 bits per heavy atom. The van der Waals surface area contributed by atoms with E-state index in [-0.39, 0.29) is 18.3 Å². The number of rotatable bonds is 4. The minimum Gasteiger partial charge on any atom is -0.399 e. The summed E-state index contributed by atoms with van der Waals surface area (Å²) < 4.78 is 12.6. The molecule has 2 heterocycles. The molecule has 42 heavy (non-hydrogen) atoms. The van der Waals surface area contributed by atoms with Gasteiger partial charge in [0.25, 0.3) is 0 Å². The quantitative estimate of drug-likeness (QED) is 0.199. The Balaban J connectivity index is 1.13. The normalized spacial score (nSPS) is 16.5. The van der Waals surface area contributed by atoms with E-state index < -0.39 is 0 Å². The first-order chi connectivity index (χ1) is 20.3. The molecular weight excluding hydrogens is 531 g/mol. The molecule has 0 aliphatic carbocycles. The van der Waals surface area contributed by atoms with Gasteiger partial charge in [-0.15, -0.1) is 0 Å².